The van der Waals surface area contributed by atoms with E-state index in [4.69, 9.17) is 14.6 Å². The molecule has 1 heterocycles. The lowest BCUT2D eigenvalue weighted by atomic mass is 10.2. The summed E-state index contributed by atoms with van der Waals surface area (Å²) in [5.41, 5.74) is 0.961. The summed E-state index contributed by atoms with van der Waals surface area (Å²) in [5.74, 6) is 1.45. The number of nitrogens with zero attached hydrogens (tertiary/aromatic N) is 1. The standard InChI is InChI=1S/C14H18N2O4/c17-6-5-16(11-2-3-11)14(18)15-8-10-1-4-12-13(7-10)20-9-19-12/h1,4,7,11,17H,2-3,5-6,8-9H2,(H,15,18). The molecule has 0 spiro atoms. The second-order valence-electron chi connectivity index (χ2n) is 4.99. The molecule has 1 aromatic carbocycles. The van der Waals surface area contributed by atoms with Gasteiger partial charge in [-0.3, -0.25) is 0 Å². The Morgan fingerprint density at radius 3 is 2.90 bits per heavy atom. The highest BCUT2D eigenvalue weighted by Crippen LogP contribution is 2.32. The normalized spacial score (nSPS) is 16.1. The molecule has 108 valence electrons. The highest BCUT2D eigenvalue weighted by molar-refractivity contribution is 5.75. The molecular weight excluding hydrogens is 260 g/mol. The van der Waals surface area contributed by atoms with Crippen LogP contribution in [0.2, 0.25) is 0 Å². The maximum atomic E-state index is 12.1. The van der Waals surface area contributed by atoms with Crippen LogP contribution in [-0.4, -0.2) is 42.0 Å². The summed E-state index contributed by atoms with van der Waals surface area (Å²) in [6.45, 7) is 1.06. The molecule has 6 nitrogen and oxygen atoms in total. The molecule has 0 atom stereocenters. The number of rotatable bonds is 5. The van der Waals surface area contributed by atoms with Crippen molar-refractivity contribution in [2.24, 2.45) is 0 Å². The van der Waals surface area contributed by atoms with E-state index in [9.17, 15) is 4.79 Å². The Balaban J connectivity index is 1.57. The summed E-state index contributed by atoms with van der Waals surface area (Å²) in [6, 6.07) is 5.78. The van der Waals surface area contributed by atoms with E-state index in [0.29, 0.717) is 24.9 Å². The van der Waals surface area contributed by atoms with Crippen molar-refractivity contribution in [1.29, 1.82) is 0 Å². The van der Waals surface area contributed by atoms with Gasteiger partial charge >= 0.3 is 6.03 Å². The number of urea groups is 1. The van der Waals surface area contributed by atoms with Crippen molar-refractivity contribution in [3.05, 3.63) is 23.8 Å². The van der Waals surface area contributed by atoms with E-state index >= 15 is 0 Å². The molecule has 1 aliphatic carbocycles. The van der Waals surface area contributed by atoms with Gasteiger partial charge in [0.2, 0.25) is 6.79 Å². The molecule has 1 aromatic rings. The van der Waals surface area contributed by atoms with Crippen molar-refractivity contribution in [3.8, 4) is 11.5 Å². The minimum atomic E-state index is -0.126. The molecule has 2 N–H and O–H groups in total. The Morgan fingerprint density at radius 1 is 1.35 bits per heavy atom. The van der Waals surface area contributed by atoms with Gasteiger partial charge < -0.3 is 24.8 Å². The van der Waals surface area contributed by atoms with Crippen molar-refractivity contribution in [1.82, 2.24) is 10.2 Å². The second-order valence-corrected chi connectivity index (χ2v) is 4.99. The Labute approximate surface area is 117 Å². The van der Waals surface area contributed by atoms with Gasteiger partial charge in [0.05, 0.1) is 6.61 Å². The highest BCUT2D eigenvalue weighted by atomic mass is 16.7. The van der Waals surface area contributed by atoms with Gasteiger partial charge in [0.1, 0.15) is 0 Å². The molecule has 0 aromatic heterocycles. The molecule has 1 saturated carbocycles. The number of amides is 2. The number of fused-ring (bicyclic) bond motifs is 1. The predicted octanol–water partition coefficient (Wildman–Crippen LogP) is 1.08. The molecule has 1 aliphatic heterocycles. The van der Waals surface area contributed by atoms with Gasteiger partial charge in [0, 0.05) is 19.1 Å². The van der Waals surface area contributed by atoms with Gasteiger partial charge in [-0.15, -0.1) is 0 Å². The van der Waals surface area contributed by atoms with E-state index < -0.39 is 0 Å². The third-order valence-corrected chi connectivity index (χ3v) is 3.47. The van der Waals surface area contributed by atoms with Gasteiger partial charge in [-0.1, -0.05) is 6.07 Å². The summed E-state index contributed by atoms with van der Waals surface area (Å²) in [7, 11) is 0. The summed E-state index contributed by atoms with van der Waals surface area (Å²) < 4.78 is 10.5. The molecule has 0 bridgehead atoms. The van der Waals surface area contributed by atoms with Gasteiger partial charge in [0.25, 0.3) is 0 Å². The van der Waals surface area contributed by atoms with Gasteiger partial charge in [0.15, 0.2) is 11.5 Å². The Hall–Kier alpha value is -1.95. The number of hydrogen-bond donors (Lipinski definition) is 2. The zero-order valence-corrected chi connectivity index (χ0v) is 11.2. The van der Waals surface area contributed by atoms with Gasteiger partial charge in [-0.2, -0.15) is 0 Å². The molecule has 2 amide bonds. The SMILES string of the molecule is O=C(NCc1ccc2c(c1)OCO2)N(CCO)C1CC1. The van der Waals surface area contributed by atoms with Crippen LogP contribution in [-0.2, 0) is 6.54 Å². The number of carbonyl (C=O) groups excluding carboxylic acids is 1. The zero-order chi connectivity index (χ0) is 13.9. The van der Waals surface area contributed by atoms with Crippen LogP contribution in [0.3, 0.4) is 0 Å². The fourth-order valence-electron chi connectivity index (χ4n) is 2.27. The fraction of sp³-hybridized carbons (Fsp3) is 0.500. The molecule has 6 heteroatoms. The minimum absolute atomic E-state index is 0.00601. The van der Waals surface area contributed by atoms with Crippen molar-refractivity contribution in [2.45, 2.75) is 25.4 Å². The van der Waals surface area contributed by atoms with Crippen LogP contribution in [0, 0.1) is 0 Å². The smallest absolute Gasteiger partial charge is 0.317 e. The van der Waals surface area contributed by atoms with Crippen LogP contribution in [0.1, 0.15) is 18.4 Å². The second kappa shape index (κ2) is 5.58. The third-order valence-electron chi connectivity index (χ3n) is 3.47. The number of hydrogen-bond acceptors (Lipinski definition) is 4. The summed E-state index contributed by atoms with van der Waals surface area (Å²) >= 11 is 0. The lowest BCUT2D eigenvalue weighted by Crippen LogP contribution is -2.42. The quantitative estimate of drug-likeness (QED) is 0.845. The predicted molar refractivity (Wildman–Crippen MR) is 71.6 cm³/mol. The van der Waals surface area contributed by atoms with Crippen LogP contribution in [0.25, 0.3) is 0 Å². The highest BCUT2D eigenvalue weighted by Gasteiger charge is 2.31. The van der Waals surface area contributed by atoms with Crippen LogP contribution < -0.4 is 14.8 Å². The third kappa shape index (κ3) is 2.80. The lowest BCUT2D eigenvalue weighted by Gasteiger charge is -2.21. The zero-order valence-electron chi connectivity index (χ0n) is 11.2. The number of aliphatic hydroxyl groups is 1. The lowest BCUT2D eigenvalue weighted by molar-refractivity contribution is 0.173. The average Bonchev–Trinajstić information content (AvgIpc) is 3.19. The maximum absolute atomic E-state index is 12.1. The molecule has 2 aliphatic rings. The van der Waals surface area contributed by atoms with Gasteiger partial charge in [-0.05, 0) is 30.5 Å². The minimum Gasteiger partial charge on any atom is -0.454 e. The number of benzene rings is 1. The molecule has 0 radical (unpaired) electrons. The van der Waals surface area contributed by atoms with Crippen LogP contribution in [0.4, 0.5) is 4.79 Å². The first-order chi connectivity index (χ1) is 9.78. The largest absolute Gasteiger partial charge is 0.454 e. The average molecular weight is 278 g/mol. The molecule has 20 heavy (non-hydrogen) atoms. The fourth-order valence-corrected chi connectivity index (χ4v) is 2.27. The number of nitrogens with one attached hydrogen (secondary N) is 1. The van der Waals surface area contributed by atoms with Crippen molar-refractivity contribution < 1.29 is 19.4 Å². The van der Waals surface area contributed by atoms with E-state index in [1.165, 1.54) is 0 Å². The van der Waals surface area contributed by atoms with E-state index in [2.05, 4.69) is 5.32 Å². The number of aliphatic hydroxyl groups excluding tert-OH is 1. The van der Waals surface area contributed by atoms with Crippen molar-refractivity contribution in [3.63, 3.8) is 0 Å². The molecule has 0 unspecified atom stereocenters. The monoisotopic (exact) mass is 278 g/mol. The Bertz CT molecular complexity index is 502. The van der Waals surface area contributed by atoms with Gasteiger partial charge in [-0.25, -0.2) is 4.79 Å². The first kappa shape index (κ1) is 13.1. The Kier molecular flexibility index (Phi) is 3.64. The number of carbonyl (C=O) groups is 1. The maximum Gasteiger partial charge on any atom is 0.317 e. The first-order valence-electron chi connectivity index (χ1n) is 6.82. The van der Waals surface area contributed by atoms with E-state index in [-0.39, 0.29) is 19.4 Å². The summed E-state index contributed by atoms with van der Waals surface area (Å²) in [4.78, 5) is 13.8. The molecule has 1 fully saturated rings. The molecule has 0 saturated heterocycles. The topological polar surface area (TPSA) is 71.0 Å². The number of ether oxygens (including phenoxy) is 2. The van der Waals surface area contributed by atoms with E-state index in [1.807, 2.05) is 18.2 Å². The molecular formula is C14H18N2O4. The molecule has 3 rings (SSSR count). The van der Waals surface area contributed by atoms with Crippen molar-refractivity contribution >= 4 is 6.03 Å². The van der Waals surface area contributed by atoms with Crippen LogP contribution >= 0.6 is 0 Å². The van der Waals surface area contributed by atoms with E-state index in [1.54, 1.807) is 4.90 Å². The van der Waals surface area contributed by atoms with Crippen molar-refractivity contribution in [2.75, 3.05) is 19.9 Å². The summed E-state index contributed by atoms with van der Waals surface area (Å²) in [6.07, 6.45) is 2.05. The van der Waals surface area contributed by atoms with E-state index in [0.717, 1.165) is 24.2 Å². The Morgan fingerprint density at radius 2 is 2.15 bits per heavy atom. The van der Waals surface area contributed by atoms with Crippen LogP contribution in [0.15, 0.2) is 18.2 Å². The first-order valence-corrected chi connectivity index (χ1v) is 6.82. The summed E-state index contributed by atoms with van der Waals surface area (Å²) in [5, 5.41) is 11.9. The van der Waals surface area contributed by atoms with Crippen LogP contribution in [0.5, 0.6) is 11.5 Å².